The number of rotatable bonds is 11. The van der Waals surface area contributed by atoms with Gasteiger partial charge in [-0.25, -0.2) is 4.79 Å². The summed E-state index contributed by atoms with van der Waals surface area (Å²) in [6.45, 7) is 0. The van der Waals surface area contributed by atoms with Crippen LogP contribution in [-0.4, -0.2) is 40.2 Å². The molecular formula is C31H30N2O4S. The molecule has 0 saturated heterocycles. The van der Waals surface area contributed by atoms with E-state index in [9.17, 15) is 19.5 Å². The van der Waals surface area contributed by atoms with Crippen LogP contribution in [0.4, 0.5) is 0 Å². The molecular weight excluding hydrogens is 496 g/mol. The zero-order chi connectivity index (χ0) is 26.9. The topological polar surface area (TPSA) is 95.5 Å². The number of carboxylic acid groups (broad SMARTS) is 1. The van der Waals surface area contributed by atoms with Gasteiger partial charge in [0.05, 0.1) is 5.25 Å². The number of benzene rings is 4. The van der Waals surface area contributed by atoms with E-state index in [-0.39, 0.29) is 12.8 Å². The molecule has 0 bridgehead atoms. The zero-order valence-corrected chi connectivity index (χ0v) is 21.7. The van der Waals surface area contributed by atoms with Crippen molar-refractivity contribution in [2.45, 2.75) is 36.6 Å². The van der Waals surface area contributed by atoms with Crippen LogP contribution in [0.3, 0.4) is 0 Å². The van der Waals surface area contributed by atoms with Gasteiger partial charge in [-0.15, -0.1) is 0 Å². The van der Waals surface area contributed by atoms with Crippen molar-refractivity contribution in [1.82, 2.24) is 10.6 Å². The fourth-order valence-corrected chi connectivity index (χ4v) is 4.62. The van der Waals surface area contributed by atoms with Crippen molar-refractivity contribution >= 4 is 41.2 Å². The molecule has 0 aromatic heterocycles. The molecule has 0 spiro atoms. The molecule has 6 nitrogen and oxygen atoms in total. The molecule has 0 aliphatic carbocycles. The molecule has 4 rings (SSSR count). The fourth-order valence-electron chi connectivity index (χ4n) is 4.33. The molecule has 0 radical (unpaired) electrons. The molecule has 1 unspecified atom stereocenters. The molecule has 0 saturated carbocycles. The van der Waals surface area contributed by atoms with Crippen molar-refractivity contribution in [3.63, 3.8) is 0 Å². The van der Waals surface area contributed by atoms with Crippen molar-refractivity contribution in [3.8, 4) is 0 Å². The molecule has 3 N–H and O–H groups in total. The quantitative estimate of drug-likeness (QED) is 0.220. The Labute approximate surface area is 227 Å². The number of hydrogen-bond donors (Lipinski definition) is 4. The van der Waals surface area contributed by atoms with Gasteiger partial charge in [0.15, 0.2) is 0 Å². The third-order valence-electron chi connectivity index (χ3n) is 6.36. The van der Waals surface area contributed by atoms with Crippen LogP contribution in [0.25, 0.3) is 10.8 Å². The highest BCUT2D eigenvalue weighted by Crippen LogP contribution is 2.17. The standard InChI is InChI=1S/C31H30N2O4S/c34-29(33-27(31(36)37)18-21-9-3-1-4-10-21)26(19-23-15-16-24-13-7-8-14-25(24)17-23)32-30(35)28(38)20-22-11-5-2-6-12-22/h1-17,26-28,38H,18-20H2,(H,32,35)(H,33,34)(H,36,37)/t26-,27+,28?/m1/s1. The van der Waals surface area contributed by atoms with Gasteiger partial charge in [0.1, 0.15) is 12.1 Å². The molecule has 3 atom stereocenters. The summed E-state index contributed by atoms with van der Waals surface area (Å²) in [5.41, 5.74) is 2.58. The predicted molar refractivity (Wildman–Crippen MR) is 152 cm³/mol. The minimum Gasteiger partial charge on any atom is -0.480 e. The average Bonchev–Trinajstić information content (AvgIpc) is 2.93. The summed E-state index contributed by atoms with van der Waals surface area (Å²) >= 11 is 4.48. The van der Waals surface area contributed by atoms with Crippen molar-refractivity contribution in [1.29, 1.82) is 0 Å². The molecule has 38 heavy (non-hydrogen) atoms. The second-order valence-electron chi connectivity index (χ2n) is 9.24. The smallest absolute Gasteiger partial charge is 0.326 e. The number of carbonyl (C=O) groups excluding carboxylic acids is 2. The zero-order valence-electron chi connectivity index (χ0n) is 20.8. The number of carboxylic acids is 1. The van der Waals surface area contributed by atoms with E-state index < -0.39 is 35.1 Å². The van der Waals surface area contributed by atoms with Gasteiger partial charge in [0, 0.05) is 12.8 Å². The summed E-state index contributed by atoms with van der Waals surface area (Å²) in [6, 6.07) is 30.2. The van der Waals surface area contributed by atoms with E-state index in [1.165, 1.54) is 0 Å². The second-order valence-corrected chi connectivity index (χ2v) is 9.86. The van der Waals surface area contributed by atoms with Crippen LogP contribution >= 0.6 is 12.6 Å². The van der Waals surface area contributed by atoms with Crippen LogP contribution in [0.2, 0.25) is 0 Å². The van der Waals surface area contributed by atoms with Gasteiger partial charge in [0.2, 0.25) is 11.8 Å². The van der Waals surface area contributed by atoms with Crippen LogP contribution < -0.4 is 10.6 Å². The van der Waals surface area contributed by atoms with Gasteiger partial charge in [0.25, 0.3) is 0 Å². The number of carbonyl (C=O) groups is 3. The van der Waals surface area contributed by atoms with E-state index in [0.717, 1.165) is 27.5 Å². The number of nitrogens with one attached hydrogen (secondary N) is 2. The van der Waals surface area contributed by atoms with Gasteiger partial charge in [-0.2, -0.15) is 12.6 Å². The van der Waals surface area contributed by atoms with Crippen molar-refractivity contribution in [2.24, 2.45) is 0 Å². The maximum Gasteiger partial charge on any atom is 0.326 e. The van der Waals surface area contributed by atoms with Crippen LogP contribution in [0.1, 0.15) is 16.7 Å². The summed E-state index contributed by atoms with van der Waals surface area (Å²) in [5, 5.41) is 16.7. The van der Waals surface area contributed by atoms with Crippen LogP contribution in [0, 0.1) is 0 Å². The first-order valence-electron chi connectivity index (χ1n) is 12.5. The third kappa shape index (κ3) is 7.46. The molecule has 4 aromatic rings. The summed E-state index contributed by atoms with van der Waals surface area (Å²) in [4.78, 5) is 38.5. The number of thiol groups is 1. The lowest BCUT2D eigenvalue weighted by Crippen LogP contribution is -2.54. The minimum absolute atomic E-state index is 0.127. The monoisotopic (exact) mass is 526 g/mol. The largest absolute Gasteiger partial charge is 0.480 e. The lowest BCUT2D eigenvalue weighted by atomic mass is 10.00. The molecule has 2 amide bonds. The van der Waals surface area contributed by atoms with E-state index in [0.29, 0.717) is 6.42 Å². The maximum absolute atomic E-state index is 13.4. The SMILES string of the molecule is O=C(N[C@H](Cc1ccc2ccccc2c1)C(=O)N[C@@H](Cc1ccccc1)C(=O)O)C(S)Cc1ccccc1. The highest BCUT2D eigenvalue weighted by molar-refractivity contribution is 7.81. The number of aliphatic carboxylic acids is 1. The minimum atomic E-state index is -1.14. The molecule has 4 aromatic carbocycles. The Hall–Kier alpha value is -4.10. The van der Waals surface area contributed by atoms with Gasteiger partial charge < -0.3 is 15.7 Å². The van der Waals surface area contributed by atoms with E-state index in [4.69, 9.17) is 0 Å². The molecule has 0 aliphatic heterocycles. The Bertz CT molecular complexity index is 1390. The summed E-state index contributed by atoms with van der Waals surface area (Å²) in [5.74, 6) is -2.10. The second kappa shape index (κ2) is 12.9. The lowest BCUT2D eigenvalue weighted by Gasteiger charge is -2.23. The van der Waals surface area contributed by atoms with Gasteiger partial charge >= 0.3 is 5.97 Å². The summed E-state index contributed by atoms with van der Waals surface area (Å²) < 4.78 is 0. The number of hydrogen-bond acceptors (Lipinski definition) is 4. The first kappa shape index (κ1) is 26.9. The average molecular weight is 527 g/mol. The van der Waals surface area contributed by atoms with E-state index >= 15 is 0 Å². The molecule has 194 valence electrons. The molecule has 0 fully saturated rings. The normalized spacial score (nSPS) is 13.3. The molecule has 0 heterocycles. The number of amides is 2. The number of fused-ring (bicyclic) bond motifs is 1. The first-order chi connectivity index (χ1) is 18.4. The van der Waals surface area contributed by atoms with Crippen molar-refractivity contribution < 1.29 is 19.5 Å². The van der Waals surface area contributed by atoms with E-state index in [2.05, 4.69) is 23.3 Å². The lowest BCUT2D eigenvalue weighted by molar-refractivity contribution is -0.142. The highest BCUT2D eigenvalue weighted by Gasteiger charge is 2.28. The van der Waals surface area contributed by atoms with Crippen molar-refractivity contribution in [2.75, 3.05) is 0 Å². The molecule has 0 aliphatic rings. The Morgan fingerprint density at radius 2 is 1.13 bits per heavy atom. The summed E-state index contributed by atoms with van der Waals surface area (Å²) in [7, 11) is 0. The van der Waals surface area contributed by atoms with Gasteiger partial charge in [-0.05, 0) is 33.9 Å². The van der Waals surface area contributed by atoms with Gasteiger partial charge in [-0.1, -0.05) is 103 Å². The van der Waals surface area contributed by atoms with Gasteiger partial charge in [-0.3, -0.25) is 9.59 Å². The first-order valence-corrected chi connectivity index (χ1v) is 13.0. The van der Waals surface area contributed by atoms with Crippen LogP contribution in [0.5, 0.6) is 0 Å². The van der Waals surface area contributed by atoms with Crippen LogP contribution in [0.15, 0.2) is 103 Å². The summed E-state index contributed by atoms with van der Waals surface area (Å²) in [6.07, 6.45) is 0.722. The van der Waals surface area contributed by atoms with Crippen molar-refractivity contribution in [3.05, 3.63) is 120 Å². The third-order valence-corrected chi connectivity index (χ3v) is 6.78. The molecule has 7 heteroatoms. The highest BCUT2D eigenvalue weighted by atomic mass is 32.1. The Morgan fingerprint density at radius 1 is 0.605 bits per heavy atom. The maximum atomic E-state index is 13.4. The Kier molecular flexibility index (Phi) is 9.16. The predicted octanol–water partition coefficient (Wildman–Crippen LogP) is 4.22. The van der Waals surface area contributed by atoms with Crippen LogP contribution in [-0.2, 0) is 33.6 Å². The fraction of sp³-hybridized carbons (Fsp3) is 0.194. The van der Waals surface area contributed by atoms with E-state index in [1.807, 2.05) is 103 Å². The Balaban J connectivity index is 1.53. The van der Waals surface area contributed by atoms with E-state index in [1.54, 1.807) is 0 Å². The Morgan fingerprint density at radius 3 is 1.76 bits per heavy atom.